The highest BCUT2D eigenvalue weighted by molar-refractivity contribution is 5.69. The number of aryl methyl sites for hydroxylation is 1. The number of nitrogens with zero attached hydrogens (tertiary/aromatic N) is 1. The Hall–Kier alpha value is -3.00. The van der Waals surface area contributed by atoms with E-state index in [1.807, 2.05) is 12.1 Å². The number of hydrogen-bond acceptors (Lipinski definition) is 5. The summed E-state index contributed by atoms with van der Waals surface area (Å²) in [4.78, 5) is 11.7. The molecule has 0 N–H and O–H groups in total. The molecular weight excluding hydrogens is 306 g/mol. The lowest BCUT2D eigenvalue weighted by Crippen LogP contribution is -2.12. The van der Waals surface area contributed by atoms with E-state index < -0.39 is 0 Å². The average Bonchev–Trinajstić information content (AvgIpc) is 2.64. The summed E-state index contributed by atoms with van der Waals surface area (Å²) >= 11 is 0. The van der Waals surface area contributed by atoms with Crippen molar-refractivity contribution < 1.29 is 19.0 Å². The van der Waals surface area contributed by atoms with Crippen LogP contribution in [0.25, 0.3) is 0 Å². The van der Waals surface area contributed by atoms with Gasteiger partial charge in [-0.05, 0) is 48.4 Å². The van der Waals surface area contributed by atoms with Crippen molar-refractivity contribution in [2.45, 2.75) is 12.8 Å². The highest BCUT2D eigenvalue weighted by atomic mass is 16.6. The molecule has 24 heavy (non-hydrogen) atoms. The molecule has 0 aliphatic rings. The molecule has 0 unspecified atom stereocenters. The molecule has 0 atom stereocenters. The van der Waals surface area contributed by atoms with E-state index in [-0.39, 0.29) is 12.6 Å². The number of ether oxygens (including phenoxy) is 3. The Morgan fingerprint density at radius 1 is 1.00 bits per heavy atom. The molecule has 5 nitrogen and oxygen atoms in total. The lowest BCUT2D eigenvalue weighted by Gasteiger charge is -2.08. The van der Waals surface area contributed by atoms with Gasteiger partial charge >= 0.3 is 5.97 Å². The van der Waals surface area contributed by atoms with Gasteiger partial charge in [0.25, 0.3) is 0 Å². The maximum atomic E-state index is 11.7. The molecule has 124 valence electrons. The third-order valence-electron chi connectivity index (χ3n) is 3.38. The molecule has 0 radical (unpaired) electrons. The van der Waals surface area contributed by atoms with Gasteiger partial charge in [-0.3, -0.25) is 4.79 Å². The average molecular weight is 325 g/mol. The normalized spacial score (nSPS) is 9.83. The van der Waals surface area contributed by atoms with Crippen LogP contribution in [0.4, 0.5) is 0 Å². The summed E-state index contributed by atoms with van der Waals surface area (Å²) < 4.78 is 15.7. The second-order valence-electron chi connectivity index (χ2n) is 5.05. The van der Waals surface area contributed by atoms with Crippen molar-refractivity contribution in [3.05, 3.63) is 59.7 Å². The van der Waals surface area contributed by atoms with E-state index in [4.69, 9.17) is 19.5 Å². The molecule has 5 heteroatoms. The Bertz CT molecular complexity index is 687. The topological polar surface area (TPSA) is 68.6 Å². The van der Waals surface area contributed by atoms with Gasteiger partial charge in [0.2, 0.25) is 0 Å². The van der Waals surface area contributed by atoms with Gasteiger partial charge in [-0.15, -0.1) is 0 Å². The maximum Gasteiger partial charge on any atom is 0.306 e. The molecule has 0 bridgehead atoms. The van der Waals surface area contributed by atoms with E-state index in [1.165, 1.54) is 0 Å². The minimum Gasteiger partial charge on any atom is -0.497 e. The van der Waals surface area contributed by atoms with Gasteiger partial charge in [0.05, 0.1) is 18.7 Å². The van der Waals surface area contributed by atoms with E-state index in [0.717, 1.165) is 11.3 Å². The van der Waals surface area contributed by atoms with Crippen LogP contribution in [0.3, 0.4) is 0 Å². The zero-order valence-corrected chi connectivity index (χ0v) is 13.5. The van der Waals surface area contributed by atoms with Crippen LogP contribution in [0.1, 0.15) is 17.5 Å². The van der Waals surface area contributed by atoms with Crippen molar-refractivity contribution in [2.24, 2.45) is 0 Å². The summed E-state index contributed by atoms with van der Waals surface area (Å²) in [6.07, 6.45) is 0.887. The lowest BCUT2D eigenvalue weighted by molar-refractivity contribution is -0.144. The van der Waals surface area contributed by atoms with Crippen LogP contribution in [0.15, 0.2) is 48.5 Å². The first kappa shape index (κ1) is 17.4. The fraction of sp³-hybridized carbons (Fsp3) is 0.263. The van der Waals surface area contributed by atoms with Gasteiger partial charge in [0, 0.05) is 6.42 Å². The van der Waals surface area contributed by atoms with Crippen LogP contribution >= 0.6 is 0 Å². The van der Waals surface area contributed by atoms with E-state index in [1.54, 1.807) is 43.5 Å². The second-order valence-corrected chi connectivity index (χ2v) is 5.05. The van der Waals surface area contributed by atoms with Crippen molar-refractivity contribution in [1.82, 2.24) is 0 Å². The van der Waals surface area contributed by atoms with Crippen molar-refractivity contribution in [1.29, 1.82) is 5.26 Å². The molecule has 2 aromatic rings. The Morgan fingerprint density at radius 2 is 1.67 bits per heavy atom. The Labute approximate surface area is 141 Å². The second kappa shape index (κ2) is 9.21. The Balaban J connectivity index is 1.63. The minimum absolute atomic E-state index is 0.207. The van der Waals surface area contributed by atoms with Crippen molar-refractivity contribution in [3.63, 3.8) is 0 Å². The van der Waals surface area contributed by atoms with Crippen LogP contribution < -0.4 is 9.47 Å². The molecular formula is C19H19NO4. The Morgan fingerprint density at radius 3 is 2.29 bits per heavy atom. The summed E-state index contributed by atoms with van der Waals surface area (Å²) in [6, 6.07) is 16.4. The van der Waals surface area contributed by atoms with Gasteiger partial charge in [-0.1, -0.05) is 12.1 Å². The summed E-state index contributed by atoms with van der Waals surface area (Å²) in [7, 11) is 1.60. The third-order valence-corrected chi connectivity index (χ3v) is 3.38. The first-order valence-electron chi connectivity index (χ1n) is 7.63. The number of carbonyl (C=O) groups excluding carboxylic acids is 1. The number of nitriles is 1. The van der Waals surface area contributed by atoms with E-state index >= 15 is 0 Å². The SMILES string of the molecule is COc1ccc(OCCOC(=O)CCc2ccc(C#N)cc2)cc1. The molecule has 0 aliphatic carbocycles. The van der Waals surface area contributed by atoms with E-state index in [9.17, 15) is 4.79 Å². The largest absolute Gasteiger partial charge is 0.497 e. The quantitative estimate of drug-likeness (QED) is 0.551. The van der Waals surface area contributed by atoms with Gasteiger partial charge in [0.1, 0.15) is 24.7 Å². The number of benzene rings is 2. The van der Waals surface area contributed by atoms with Gasteiger partial charge in [-0.25, -0.2) is 0 Å². The predicted octanol–water partition coefficient (Wildman–Crippen LogP) is 3.12. The molecule has 0 aliphatic heterocycles. The Kier molecular flexibility index (Phi) is 6.66. The molecule has 0 saturated carbocycles. The summed E-state index contributed by atoms with van der Waals surface area (Å²) in [5.41, 5.74) is 1.61. The standard InChI is InChI=1S/C19H19NO4/c1-22-17-7-9-18(10-8-17)23-12-13-24-19(21)11-6-15-2-4-16(14-20)5-3-15/h2-5,7-10H,6,11-13H2,1H3. The minimum atomic E-state index is -0.266. The molecule has 0 spiro atoms. The molecule has 0 amide bonds. The smallest absolute Gasteiger partial charge is 0.306 e. The number of esters is 1. The van der Waals surface area contributed by atoms with Crippen LogP contribution in [0, 0.1) is 11.3 Å². The summed E-state index contributed by atoms with van der Waals surface area (Å²) in [6.45, 7) is 0.507. The van der Waals surface area contributed by atoms with Crippen molar-refractivity contribution >= 4 is 5.97 Å². The van der Waals surface area contributed by atoms with Crippen LogP contribution in [-0.4, -0.2) is 26.3 Å². The zero-order chi connectivity index (χ0) is 17.2. The highest BCUT2D eigenvalue weighted by Gasteiger charge is 2.04. The number of carbonyl (C=O) groups is 1. The fourth-order valence-corrected chi connectivity index (χ4v) is 2.05. The molecule has 2 rings (SSSR count). The molecule has 0 fully saturated rings. The lowest BCUT2D eigenvalue weighted by atomic mass is 10.1. The van der Waals surface area contributed by atoms with E-state index in [0.29, 0.717) is 30.8 Å². The van der Waals surface area contributed by atoms with Crippen LogP contribution in [0.5, 0.6) is 11.5 Å². The molecule has 0 aromatic heterocycles. The van der Waals surface area contributed by atoms with Crippen LogP contribution in [0.2, 0.25) is 0 Å². The monoisotopic (exact) mass is 325 g/mol. The van der Waals surface area contributed by atoms with Crippen molar-refractivity contribution in [3.8, 4) is 17.6 Å². The summed E-state index contributed by atoms with van der Waals surface area (Å²) in [5.74, 6) is 1.19. The predicted molar refractivity (Wildman–Crippen MR) is 88.9 cm³/mol. The summed E-state index contributed by atoms with van der Waals surface area (Å²) in [5, 5.41) is 8.73. The van der Waals surface area contributed by atoms with Crippen molar-refractivity contribution in [2.75, 3.05) is 20.3 Å². The molecule has 0 saturated heterocycles. The fourth-order valence-electron chi connectivity index (χ4n) is 2.05. The van der Waals surface area contributed by atoms with Gasteiger partial charge in [-0.2, -0.15) is 5.26 Å². The number of hydrogen-bond donors (Lipinski definition) is 0. The van der Waals surface area contributed by atoms with E-state index in [2.05, 4.69) is 6.07 Å². The molecule has 0 heterocycles. The zero-order valence-electron chi connectivity index (χ0n) is 13.5. The molecule has 2 aromatic carbocycles. The first-order valence-corrected chi connectivity index (χ1v) is 7.63. The van der Waals surface area contributed by atoms with Gasteiger partial charge < -0.3 is 14.2 Å². The number of methoxy groups -OCH3 is 1. The third kappa shape index (κ3) is 5.65. The van der Waals surface area contributed by atoms with Gasteiger partial charge in [0.15, 0.2) is 0 Å². The van der Waals surface area contributed by atoms with Crippen LogP contribution in [-0.2, 0) is 16.0 Å². The number of rotatable bonds is 8. The highest BCUT2D eigenvalue weighted by Crippen LogP contribution is 2.16. The maximum absolute atomic E-state index is 11.7. The first-order chi connectivity index (χ1) is 11.7.